The zero-order valence-electron chi connectivity index (χ0n) is 21.2. The van der Waals surface area contributed by atoms with Crippen molar-refractivity contribution in [3.63, 3.8) is 0 Å². The van der Waals surface area contributed by atoms with Crippen molar-refractivity contribution >= 4 is 34.6 Å². The molecule has 2 amide bonds. The summed E-state index contributed by atoms with van der Waals surface area (Å²) in [5.74, 6) is -0.338. The average molecular weight is 498 g/mol. The summed E-state index contributed by atoms with van der Waals surface area (Å²) in [6.07, 6.45) is 3.52. The zero-order valence-corrected chi connectivity index (χ0v) is 22.0. The number of rotatable bonds is 10. The van der Waals surface area contributed by atoms with Crippen LogP contribution >= 0.6 is 11.3 Å². The van der Waals surface area contributed by atoms with Crippen LogP contribution in [0.5, 0.6) is 0 Å². The molecule has 0 saturated heterocycles. The van der Waals surface area contributed by atoms with Crippen LogP contribution < -0.4 is 10.2 Å². The predicted octanol–water partition coefficient (Wildman–Crippen LogP) is 5.13. The smallest absolute Gasteiger partial charge is 0.299 e. The summed E-state index contributed by atoms with van der Waals surface area (Å²) in [6.45, 7) is 9.02. The molecule has 2 heterocycles. The Hall–Kier alpha value is -3.02. The SMILES string of the molecule is CCC(C)CCCO[C@@H](CC)C(=O)NCC#N.Cc1ccc(-c2ccc3c(c2)N(C)C(=O)C3=O)s1. The van der Waals surface area contributed by atoms with Gasteiger partial charge in [0.15, 0.2) is 0 Å². The number of hydrogen-bond acceptors (Lipinski definition) is 6. The van der Waals surface area contributed by atoms with Gasteiger partial charge in [0, 0.05) is 23.4 Å². The van der Waals surface area contributed by atoms with Gasteiger partial charge >= 0.3 is 0 Å². The maximum Gasteiger partial charge on any atom is 0.299 e. The van der Waals surface area contributed by atoms with Crippen molar-refractivity contribution in [2.75, 3.05) is 25.1 Å². The molecule has 3 rings (SSSR count). The van der Waals surface area contributed by atoms with Gasteiger partial charge in [-0.05, 0) is 61.9 Å². The topological polar surface area (TPSA) is 99.5 Å². The fraction of sp³-hybridized carbons (Fsp3) is 0.481. The summed E-state index contributed by atoms with van der Waals surface area (Å²) in [5, 5.41) is 10.9. The Morgan fingerprint density at radius 1 is 1.20 bits per heavy atom. The van der Waals surface area contributed by atoms with Crippen LogP contribution in [-0.4, -0.2) is 43.9 Å². The summed E-state index contributed by atoms with van der Waals surface area (Å²) < 4.78 is 5.52. The van der Waals surface area contributed by atoms with E-state index in [1.54, 1.807) is 24.5 Å². The molecule has 1 aliphatic heterocycles. The standard InChI is InChI=1S/C14H11NO2S.C13H24N2O2/c1-8-3-6-12(18-8)9-4-5-10-11(7-9)15(2)14(17)13(10)16;1-4-11(3)7-6-10-17-12(5-2)13(16)15-9-8-14/h3-7H,1-2H3;11-12H,4-7,9-10H2,1-3H3,(H,15,16)/t;11?,12-/m.0/s1. The average Bonchev–Trinajstić information content (AvgIpc) is 3.39. The molecular formula is C27H35N3O4S. The number of thiophene rings is 1. The van der Waals surface area contributed by atoms with Gasteiger partial charge in [0.25, 0.3) is 11.7 Å². The monoisotopic (exact) mass is 497 g/mol. The Morgan fingerprint density at radius 2 is 1.94 bits per heavy atom. The fourth-order valence-corrected chi connectivity index (χ4v) is 4.47. The van der Waals surface area contributed by atoms with Gasteiger partial charge in [-0.2, -0.15) is 5.26 Å². The molecule has 2 aromatic rings. The lowest BCUT2D eigenvalue weighted by Gasteiger charge is -2.15. The van der Waals surface area contributed by atoms with E-state index >= 15 is 0 Å². The van der Waals surface area contributed by atoms with Crippen molar-refractivity contribution < 1.29 is 19.1 Å². The Morgan fingerprint density at radius 3 is 2.54 bits per heavy atom. The molecule has 2 atom stereocenters. The molecule has 188 valence electrons. The Balaban J connectivity index is 0.000000248. The summed E-state index contributed by atoms with van der Waals surface area (Å²) in [5.41, 5.74) is 2.24. The van der Waals surface area contributed by atoms with Gasteiger partial charge in [-0.15, -0.1) is 11.3 Å². The van der Waals surface area contributed by atoms with Crippen LogP contribution in [0.25, 0.3) is 10.4 Å². The number of amides is 2. The first-order valence-electron chi connectivity index (χ1n) is 12.0. The lowest BCUT2D eigenvalue weighted by Crippen LogP contribution is -2.36. The van der Waals surface area contributed by atoms with Crippen LogP contribution in [0, 0.1) is 24.2 Å². The molecule has 35 heavy (non-hydrogen) atoms. The van der Waals surface area contributed by atoms with Crippen LogP contribution in [0.1, 0.15) is 61.7 Å². The van der Waals surface area contributed by atoms with Crippen molar-refractivity contribution in [1.29, 1.82) is 5.26 Å². The lowest BCUT2D eigenvalue weighted by molar-refractivity contribution is -0.132. The minimum atomic E-state index is -0.454. The van der Waals surface area contributed by atoms with E-state index in [0.29, 0.717) is 30.2 Å². The number of Topliss-reactive ketones (excluding diaryl/α,β-unsaturated/α-hetero) is 1. The molecular weight excluding hydrogens is 462 g/mol. The van der Waals surface area contributed by atoms with Crippen LogP contribution in [0.15, 0.2) is 30.3 Å². The number of anilines is 1. The van der Waals surface area contributed by atoms with E-state index < -0.39 is 17.8 Å². The Bertz CT molecular complexity index is 1070. The molecule has 7 nitrogen and oxygen atoms in total. The van der Waals surface area contributed by atoms with Crippen molar-refractivity contribution in [3.05, 3.63) is 40.8 Å². The molecule has 0 spiro atoms. The number of nitrogens with zero attached hydrogens (tertiary/aromatic N) is 2. The second-order valence-corrected chi connectivity index (χ2v) is 9.92. The summed E-state index contributed by atoms with van der Waals surface area (Å²) in [4.78, 5) is 38.6. The third-order valence-corrected chi connectivity index (χ3v) is 7.04. The van der Waals surface area contributed by atoms with Gasteiger partial charge in [0.05, 0.1) is 17.3 Å². The molecule has 0 saturated carbocycles. The highest BCUT2D eigenvalue weighted by Crippen LogP contribution is 2.35. The molecule has 1 aliphatic rings. The van der Waals surface area contributed by atoms with E-state index in [1.165, 1.54) is 16.2 Å². The number of carbonyl (C=O) groups excluding carboxylic acids is 3. The quantitative estimate of drug-likeness (QED) is 0.279. The molecule has 8 heteroatoms. The summed E-state index contributed by atoms with van der Waals surface area (Å²) >= 11 is 1.70. The second kappa shape index (κ2) is 13.8. The van der Waals surface area contributed by atoms with Crippen LogP contribution in [0.4, 0.5) is 5.69 Å². The van der Waals surface area contributed by atoms with E-state index in [2.05, 4.69) is 38.2 Å². The second-order valence-electron chi connectivity index (χ2n) is 8.63. The highest BCUT2D eigenvalue weighted by atomic mass is 32.1. The lowest BCUT2D eigenvalue weighted by atomic mass is 10.0. The predicted molar refractivity (Wildman–Crippen MR) is 140 cm³/mol. The maximum absolute atomic E-state index is 11.7. The number of ketones is 1. The van der Waals surface area contributed by atoms with Crippen molar-refractivity contribution in [1.82, 2.24) is 5.32 Å². The van der Waals surface area contributed by atoms with Gasteiger partial charge in [-0.3, -0.25) is 14.4 Å². The maximum atomic E-state index is 11.7. The highest BCUT2D eigenvalue weighted by molar-refractivity contribution is 7.15. The number of benzene rings is 1. The third kappa shape index (κ3) is 7.74. The summed E-state index contributed by atoms with van der Waals surface area (Å²) in [6, 6.07) is 11.5. The molecule has 1 aromatic carbocycles. The van der Waals surface area contributed by atoms with Gasteiger partial charge in [-0.1, -0.05) is 33.3 Å². The third-order valence-electron chi connectivity index (χ3n) is 5.99. The molecule has 1 unspecified atom stereocenters. The number of hydrogen-bond donors (Lipinski definition) is 1. The molecule has 1 aromatic heterocycles. The molecule has 0 fully saturated rings. The van der Waals surface area contributed by atoms with Gasteiger partial charge in [0.2, 0.25) is 5.91 Å². The first kappa shape index (κ1) is 28.2. The molecule has 0 bridgehead atoms. The van der Waals surface area contributed by atoms with Crippen LogP contribution in [0.2, 0.25) is 0 Å². The summed E-state index contributed by atoms with van der Waals surface area (Å²) in [7, 11) is 1.63. The minimum Gasteiger partial charge on any atom is -0.368 e. The van der Waals surface area contributed by atoms with Crippen molar-refractivity contribution in [3.8, 4) is 16.5 Å². The first-order valence-corrected chi connectivity index (χ1v) is 12.8. The van der Waals surface area contributed by atoms with E-state index in [1.807, 2.05) is 25.1 Å². The van der Waals surface area contributed by atoms with E-state index in [9.17, 15) is 14.4 Å². The van der Waals surface area contributed by atoms with Crippen molar-refractivity contribution in [2.45, 2.75) is 59.5 Å². The van der Waals surface area contributed by atoms with E-state index in [4.69, 9.17) is 10.00 Å². The Labute approximate surface area is 212 Å². The highest BCUT2D eigenvalue weighted by Gasteiger charge is 2.33. The van der Waals surface area contributed by atoms with E-state index in [-0.39, 0.29) is 12.5 Å². The number of ether oxygens (including phenoxy) is 1. The number of nitriles is 1. The van der Waals surface area contributed by atoms with Crippen LogP contribution in [-0.2, 0) is 14.3 Å². The normalized spacial score (nSPS) is 14.0. The van der Waals surface area contributed by atoms with Gasteiger partial charge < -0.3 is 15.0 Å². The van der Waals surface area contributed by atoms with Crippen molar-refractivity contribution in [2.24, 2.45) is 5.92 Å². The number of aryl methyl sites for hydroxylation is 1. The Kier molecular flexibility index (Phi) is 11.1. The number of carbonyl (C=O) groups is 3. The molecule has 0 aliphatic carbocycles. The minimum absolute atomic E-state index is 0.0472. The number of likely N-dealkylation sites (N-methyl/N-ethyl adjacent to an activating group) is 1. The number of nitrogens with one attached hydrogen (secondary N) is 1. The van der Waals surface area contributed by atoms with E-state index in [0.717, 1.165) is 23.3 Å². The van der Waals surface area contributed by atoms with Gasteiger partial charge in [0.1, 0.15) is 12.6 Å². The first-order chi connectivity index (χ1) is 16.7. The van der Waals surface area contributed by atoms with Crippen LogP contribution in [0.3, 0.4) is 0 Å². The largest absolute Gasteiger partial charge is 0.368 e. The fourth-order valence-electron chi connectivity index (χ4n) is 3.60. The molecule has 0 radical (unpaired) electrons. The number of fused-ring (bicyclic) bond motifs is 1. The van der Waals surface area contributed by atoms with Gasteiger partial charge in [-0.25, -0.2) is 0 Å². The zero-order chi connectivity index (χ0) is 26.0. The molecule has 1 N–H and O–H groups in total.